The molecule has 0 unspecified atom stereocenters. The standard InChI is InChI=1S/C31H34O9/c32-19-26-27(34)28(35)29(36)31(40-26)39-25-18-22(12-14-24(25)33)17-23(13-11-20-7-3-1-4-8-20)30(37)38-16-15-21-9-5-2-6-10-21/h1-10,12,14,17-18,26-29,31-36H,11,13,15-16,19H2/t26-,27-,28+,29-,31+/m1/s1. The Morgan fingerprint density at radius 2 is 1.50 bits per heavy atom. The van der Waals surface area contributed by atoms with Crippen LogP contribution in [-0.4, -0.2) is 75.4 Å². The monoisotopic (exact) mass is 550 g/mol. The highest BCUT2D eigenvalue weighted by Gasteiger charge is 2.44. The average Bonchev–Trinajstić information content (AvgIpc) is 2.98. The molecule has 1 saturated heterocycles. The van der Waals surface area contributed by atoms with E-state index in [0.717, 1.165) is 11.1 Å². The average molecular weight is 551 g/mol. The second-order valence-electron chi connectivity index (χ2n) is 9.57. The van der Waals surface area contributed by atoms with Crippen molar-refractivity contribution < 1.29 is 44.5 Å². The van der Waals surface area contributed by atoms with Crippen molar-refractivity contribution in [1.82, 2.24) is 0 Å². The van der Waals surface area contributed by atoms with Crippen molar-refractivity contribution in [2.45, 2.75) is 50.0 Å². The smallest absolute Gasteiger partial charge is 0.334 e. The van der Waals surface area contributed by atoms with Crippen molar-refractivity contribution in [1.29, 1.82) is 0 Å². The van der Waals surface area contributed by atoms with Crippen LogP contribution in [0.15, 0.2) is 84.4 Å². The molecule has 9 heteroatoms. The van der Waals surface area contributed by atoms with Gasteiger partial charge in [0.05, 0.1) is 13.2 Å². The van der Waals surface area contributed by atoms with E-state index in [4.69, 9.17) is 14.2 Å². The molecule has 1 aliphatic rings. The lowest BCUT2D eigenvalue weighted by Gasteiger charge is -2.39. The van der Waals surface area contributed by atoms with Crippen LogP contribution >= 0.6 is 0 Å². The number of aliphatic hydroxyl groups is 4. The minimum absolute atomic E-state index is 0.0852. The zero-order valence-electron chi connectivity index (χ0n) is 21.9. The molecule has 0 saturated carbocycles. The maximum Gasteiger partial charge on any atom is 0.334 e. The minimum Gasteiger partial charge on any atom is -0.504 e. The first kappa shape index (κ1) is 29.3. The number of phenols is 1. The molecule has 0 radical (unpaired) electrons. The predicted octanol–water partition coefficient (Wildman–Crippen LogP) is 2.37. The van der Waals surface area contributed by atoms with Gasteiger partial charge in [-0.2, -0.15) is 0 Å². The van der Waals surface area contributed by atoms with E-state index in [0.29, 0.717) is 30.4 Å². The molecule has 0 aliphatic carbocycles. The third-order valence-electron chi connectivity index (χ3n) is 6.67. The third-order valence-corrected chi connectivity index (χ3v) is 6.67. The summed E-state index contributed by atoms with van der Waals surface area (Å²) in [6, 6.07) is 23.9. The van der Waals surface area contributed by atoms with E-state index in [1.807, 2.05) is 60.7 Å². The highest BCUT2D eigenvalue weighted by Crippen LogP contribution is 2.32. The van der Waals surface area contributed by atoms with Crippen molar-refractivity contribution in [3.05, 3.63) is 101 Å². The fourth-order valence-corrected chi connectivity index (χ4v) is 4.36. The van der Waals surface area contributed by atoms with Gasteiger partial charge in [-0.1, -0.05) is 66.7 Å². The van der Waals surface area contributed by atoms with Crippen LogP contribution in [0.3, 0.4) is 0 Å². The molecule has 9 nitrogen and oxygen atoms in total. The zero-order chi connectivity index (χ0) is 28.5. The van der Waals surface area contributed by atoms with Crippen LogP contribution in [0.2, 0.25) is 0 Å². The van der Waals surface area contributed by atoms with Gasteiger partial charge in [0.2, 0.25) is 6.29 Å². The highest BCUT2D eigenvalue weighted by molar-refractivity contribution is 5.93. The van der Waals surface area contributed by atoms with Gasteiger partial charge in [0.15, 0.2) is 11.5 Å². The molecule has 4 rings (SSSR count). The van der Waals surface area contributed by atoms with Crippen LogP contribution in [-0.2, 0) is 27.1 Å². The second-order valence-corrected chi connectivity index (χ2v) is 9.57. The van der Waals surface area contributed by atoms with Gasteiger partial charge in [-0.25, -0.2) is 4.79 Å². The van der Waals surface area contributed by atoms with Crippen LogP contribution in [0.5, 0.6) is 11.5 Å². The first-order chi connectivity index (χ1) is 19.4. The highest BCUT2D eigenvalue weighted by atomic mass is 16.7. The zero-order valence-corrected chi connectivity index (χ0v) is 21.9. The Bertz CT molecular complexity index is 1260. The van der Waals surface area contributed by atoms with E-state index in [-0.39, 0.29) is 18.1 Å². The summed E-state index contributed by atoms with van der Waals surface area (Å²) in [6.07, 6.45) is -4.21. The number of ether oxygens (including phenoxy) is 3. The second kappa shape index (κ2) is 14.1. The van der Waals surface area contributed by atoms with Crippen LogP contribution in [0, 0.1) is 0 Å². The molecule has 0 bridgehead atoms. The van der Waals surface area contributed by atoms with Crippen molar-refractivity contribution in [3.8, 4) is 11.5 Å². The van der Waals surface area contributed by atoms with E-state index in [1.54, 1.807) is 12.1 Å². The SMILES string of the molecule is O=C(OCCc1ccccc1)C(=Cc1ccc(O)c(O[C@H]2O[C@H](CO)[C@@H](O)[C@H](O)[C@H]2O)c1)CCc1ccccc1. The summed E-state index contributed by atoms with van der Waals surface area (Å²) in [7, 11) is 0. The van der Waals surface area contributed by atoms with E-state index in [9.17, 15) is 30.3 Å². The van der Waals surface area contributed by atoms with Crippen molar-refractivity contribution in [2.75, 3.05) is 13.2 Å². The normalized spacial score (nSPS) is 23.0. The van der Waals surface area contributed by atoms with Crippen molar-refractivity contribution >= 4 is 12.0 Å². The molecule has 0 aromatic heterocycles. The van der Waals surface area contributed by atoms with Gasteiger partial charge >= 0.3 is 5.97 Å². The summed E-state index contributed by atoms with van der Waals surface area (Å²) in [5.74, 6) is -0.820. The minimum atomic E-state index is -1.64. The van der Waals surface area contributed by atoms with Crippen molar-refractivity contribution in [2.24, 2.45) is 0 Å². The van der Waals surface area contributed by atoms with Gasteiger partial charge in [-0.05, 0) is 47.7 Å². The molecular formula is C31H34O9. The first-order valence-corrected chi connectivity index (χ1v) is 13.1. The Kier molecular flexibility index (Phi) is 10.3. The molecule has 5 atom stereocenters. The molecule has 40 heavy (non-hydrogen) atoms. The lowest BCUT2D eigenvalue weighted by Crippen LogP contribution is -2.60. The molecule has 3 aromatic rings. The van der Waals surface area contributed by atoms with E-state index >= 15 is 0 Å². The van der Waals surface area contributed by atoms with Crippen LogP contribution in [0.25, 0.3) is 6.08 Å². The quantitative estimate of drug-likeness (QED) is 0.179. The summed E-state index contributed by atoms with van der Waals surface area (Å²) in [6.45, 7) is -0.400. The molecule has 5 N–H and O–H groups in total. The molecule has 1 aliphatic heterocycles. The lowest BCUT2D eigenvalue weighted by molar-refractivity contribution is -0.277. The third kappa shape index (κ3) is 7.68. The van der Waals surface area contributed by atoms with E-state index < -0.39 is 43.3 Å². The maximum atomic E-state index is 13.1. The summed E-state index contributed by atoms with van der Waals surface area (Å²) in [4.78, 5) is 13.1. The number of aryl methyl sites for hydroxylation is 1. The predicted molar refractivity (Wildman–Crippen MR) is 146 cm³/mol. The number of benzene rings is 3. The lowest BCUT2D eigenvalue weighted by atomic mass is 9.99. The van der Waals surface area contributed by atoms with Gasteiger partial charge in [-0.15, -0.1) is 0 Å². The van der Waals surface area contributed by atoms with Crippen LogP contribution in [0.4, 0.5) is 0 Å². The summed E-state index contributed by atoms with van der Waals surface area (Å²) in [5, 5.41) is 50.2. The Balaban J connectivity index is 1.52. The molecular weight excluding hydrogens is 516 g/mol. The van der Waals surface area contributed by atoms with Gasteiger partial charge in [0.1, 0.15) is 24.4 Å². The van der Waals surface area contributed by atoms with Crippen LogP contribution in [0.1, 0.15) is 23.1 Å². The summed E-state index contributed by atoms with van der Waals surface area (Å²) in [5.41, 5.74) is 3.04. The largest absolute Gasteiger partial charge is 0.504 e. The number of hydrogen-bond donors (Lipinski definition) is 5. The number of hydrogen-bond acceptors (Lipinski definition) is 9. The Morgan fingerprint density at radius 3 is 2.15 bits per heavy atom. The van der Waals surface area contributed by atoms with Gasteiger partial charge in [0, 0.05) is 12.0 Å². The number of aliphatic hydroxyl groups excluding tert-OH is 4. The fraction of sp³-hybridized carbons (Fsp3) is 0.323. The Morgan fingerprint density at radius 1 is 0.850 bits per heavy atom. The maximum absolute atomic E-state index is 13.1. The van der Waals surface area contributed by atoms with Gasteiger partial charge in [0.25, 0.3) is 0 Å². The number of carbonyl (C=O) groups excluding carboxylic acids is 1. The summed E-state index contributed by atoms with van der Waals surface area (Å²) >= 11 is 0. The van der Waals surface area contributed by atoms with E-state index in [2.05, 4.69) is 0 Å². The number of esters is 1. The molecule has 0 spiro atoms. The van der Waals surface area contributed by atoms with Gasteiger partial charge < -0.3 is 39.7 Å². The topological polar surface area (TPSA) is 146 Å². The van der Waals surface area contributed by atoms with E-state index in [1.165, 1.54) is 12.1 Å². The number of phenolic OH excluding ortho intramolecular Hbond substituents is 1. The van der Waals surface area contributed by atoms with Gasteiger partial charge in [-0.3, -0.25) is 0 Å². The molecule has 1 heterocycles. The number of rotatable bonds is 11. The molecule has 212 valence electrons. The Labute approximate surface area is 232 Å². The summed E-state index contributed by atoms with van der Waals surface area (Å²) < 4.78 is 16.6. The molecule has 3 aromatic carbocycles. The van der Waals surface area contributed by atoms with Crippen molar-refractivity contribution in [3.63, 3.8) is 0 Å². The van der Waals surface area contributed by atoms with Crippen LogP contribution < -0.4 is 4.74 Å². The number of carbonyl (C=O) groups is 1. The fourth-order valence-electron chi connectivity index (χ4n) is 4.36. The Hall–Kier alpha value is -3.73. The molecule has 1 fully saturated rings. The molecule has 0 amide bonds. The number of aromatic hydroxyl groups is 1. The first-order valence-electron chi connectivity index (χ1n) is 13.1.